The van der Waals surface area contributed by atoms with Crippen molar-refractivity contribution in [2.75, 3.05) is 0 Å². The highest BCUT2D eigenvalue weighted by Crippen LogP contribution is 2.19. The highest BCUT2D eigenvalue weighted by molar-refractivity contribution is 4.93. The average molecular weight is 145 g/mol. The van der Waals surface area contributed by atoms with Gasteiger partial charge in [-0.2, -0.15) is 0 Å². The van der Waals surface area contributed by atoms with Crippen LogP contribution < -0.4 is 0 Å². The van der Waals surface area contributed by atoms with Crippen LogP contribution in [0.5, 0.6) is 0 Å². The van der Waals surface area contributed by atoms with E-state index in [1.807, 2.05) is 0 Å². The van der Waals surface area contributed by atoms with E-state index in [9.17, 15) is 4.39 Å². The van der Waals surface area contributed by atoms with Gasteiger partial charge < -0.3 is 5.21 Å². The molecular formula is C5H8FN3O. The van der Waals surface area contributed by atoms with Crippen molar-refractivity contribution in [2.24, 2.45) is 0 Å². The summed E-state index contributed by atoms with van der Waals surface area (Å²) in [5, 5.41) is 12.0. The lowest BCUT2D eigenvalue weighted by Crippen LogP contribution is -2.12. The van der Waals surface area contributed by atoms with Gasteiger partial charge in [0.2, 0.25) is 0 Å². The minimum absolute atomic E-state index is 0.0185. The zero-order chi connectivity index (χ0) is 7.78. The van der Waals surface area contributed by atoms with Crippen molar-refractivity contribution < 1.29 is 9.60 Å². The molecule has 56 valence electrons. The Labute approximate surface area is 57.3 Å². The maximum atomic E-state index is 12.9. The SMILES string of the molecule is CC(C)(F)c1ncn(O)n1. The number of hydrogen-bond donors (Lipinski definition) is 1. The van der Waals surface area contributed by atoms with Crippen molar-refractivity contribution in [3.63, 3.8) is 0 Å². The van der Waals surface area contributed by atoms with Gasteiger partial charge in [-0.15, -0.1) is 5.10 Å². The quantitative estimate of drug-likeness (QED) is 0.592. The molecule has 0 atom stereocenters. The molecule has 0 fully saturated rings. The molecule has 0 unspecified atom stereocenters. The Morgan fingerprint density at radius 1 is 1.70 bits per heavy atom. The predicted octanol–water partition coefficient (Wildman–Crippen LogP) is 0.720. The maximum absolute atomic E-state index is 12.9. The monoisotopic (exact) mass is 145 g/mol. The van der Waals surface area contributed by atoms with Crippen molar-refractivity contribution in [3.8, 4) is 0 Å². The topological polar surface area (TPSA) is 50.9 Å². The van der Waals surface area contributed by atoms with Gasteiger partial charge in [0, 0.05) is 0 Å². The van der Waals surface area contributed by atoms with E-state index in [1.165, 1.54) is 13.8 Å². The van der Waals surface area contributed by atoms with E-state index in [-0.39, 0.29) is 5.82 Å². The van der Waals surface area contributed by atoms with Crippen LogP contribution in [0.3, 0.4) is 0 Å². The Hall–Kier alpha value is -1.13. The Morgan fingerprint density at radius 2 is 2.30 bits per heavy atom. The Kier molecular flexibility index (Phi) is 1.35. The molecule has 0 saturated carbocycles. The molecule has 5 heteroatoms. The van der Waals surface area contributed by atoms with Gasteiger partial charge in [0.05, 0.1) is 0 Å². The minimum atomic E-state index is -1.59. The fourth-order valence-corrected chi connectivity index (χ4v) is 0.527. The summed E-state index contributed by atoms with van der Waals surface area (Å²) < 4.78 is 12.9. The molecule has 0 aliphatic rings. The van der Waals surface area contributed by atoms with Crippen LogP contribution in [0, 0.1) is 0 Å². The molecule has 1 heterocycles. The van der Waals surface area contributed by atoms with E-state index in [1.54, 1.807) is 0 Å². The first-order chi connectivity index (χ1) is 4.50. The van der Waals surface area contributed by atoms with Gasteiger partial charge >= 0.3 is 0 Å². The summed E-state index contributed by atoms with van der Waals surface area (Å²) in [7, 11) is 0. The predicted molar refractivity (Wildman–Crippen MR) is 31.3 cm³/mol. The van der Waals surface area contributed by atoms with Gasteiger partial charge in [0.25, 0.3) is 0 Å². The molecule has 1 N–H and O–H groups in total. The first-order valence-electron chi connectivity index (χ1n) is 2.80. The third kappa shape index (κ3) is 1.23. The molecule has 1 aromatic rings. The van der Waals surface area contributed by atoms with Crippen LogP contribution in [0.25, 0.3) is 0 Å². The van der Waals surface area contributed by atoms with Crippen LogP contribution in [-0.2, 0) is 5.67 Å². The van der Waals surface area contributed by atoms with Gasteiger partial charge in [0.1, 0.15) is 0 Å². The van der Waals surface area contributed by atoms with Crippen molar-refractivity contribution in [1.82, 2.24) is 14.9 Å². The smallest absolute Gasteiger partial charge is 0.190 e. The van der Waals surface area contributed by atoms with Gasteiger partial charge in [0.15, 0.2) is 17.8 Å². The van der Waals surface area contributed by atoms with Gasteiger partial charge in [-0.3, -0.25) is 0 Å². The summed E-state index contributed by atoms with van der Waals surface area (Å²) in [5.41, 5.74) is -1.59. The van der Waals surface area contributed by atoms with Crippen LogP contribution in [0.1, 0.15) is 19.7 Å². The number of nitrogens with zero attached hydrogens (tertiary/aromatic N) is 3. The molecule has 0 bridgehead atoms. The lowest BCUT2D eigenvalue weighted by atomic mass is 10.2. The van der Waals surface area contributed by atoms with Crippen molar-refractivity contribution in [3.05, 3.63) is 12.2 Å². The number of rotatable bonds is 1. The molecule has 0 aromatic carbocycles. The molecule has 0 saturated heterocycles. The molecule has 10 heavy (non-hydrogen) atoms. The van der Waals surface area contributed by atoms with Crippen molar-refractivity contribution in [1.29, 1.82) is 0 Å². The van der Waals surface area contributed by atoms with E-state index in [2.05, 4.69) is 10.1 Å². The molecule has 0 aliphatic carbocycles. The number of aromatic nitrogens is 3. The first kappa shape index (κ1) is 6.98. The average Bonchev–Trinajstić information content (AvgIpc) is 2.11. The molecule has 0 aliphatic heterocycles. The fourth-order valence-electron chi connectivity index (χ4n) is 0.527. The largest absolute Gasteiger partial charge is 0.410 e. The molecule has 0 radical (unpaired) electrons. The summed E-state index contributed by atoms with van der Waals surface area (Å²) in [4.78, 5) is 4.00. The summed E-state index contributed by atoms with van der Waals surface area (Å²) in [6.45, 7) is 2.64. The lowest BCUT2D eigenvalue weighted by molar-refractivity contribution is 0.137. The normalized spacial score (nSPS) is 11.9. The van der Waals surface area contributed by atoms with Gasteiger partial charge in [-0.05, 0) is 13.8 Å². The van der Waals surface area contributed by atoms with E-state index >= 15 is 0 Å². The number of alkyl halides is 1. The van der Waals surface area contributed by atoms with Crippen LogP contribution >= 0.6 is 0 Å². The maximum Gasteiger partial charge on any atom is 0.190 e. The van der Waals surface area contributed by atoms with E-state index in [0.717, 1.165) is 6.33 Å². The summed E-state index contributed by atoms with van der Waals surface area (Å²) in [5.74, 6) is -0.0185. The minimum Gasteiger partial charge on any atom is -0.410 e. The number of halogens is 1. The fraction of sp³-hybridized carbons (Fsp3) is 0.600. The summed E-state index contributed by atoms with van der Waals surface area (Å²) in [6, 6.07) is 0. The molecule has 4 nitrogen and oxygen atoms in total. The Bertz CT molecular complexity index is 227. The van der Waals surface area contributed by atoms with Gasteiger partial charge in [-0.1, -0.05) is 4.85 Å². The van der Waals surface area contributed by atoms with Crippen LogP contribution in [0.2, 0.25) is 0 Å². The highest BCUT2D eigenvalue weighted by Gasteiger charge is 2.23. The molecular weight excluding hydrogens is 137 g/mol. The third-order valence-electron chi connectivity index (χ3n) is 1.01. The lowest BCUT2D eigenvalue weighted by Gasteiger charge is -2.06. The van der Waals surface area contributed by atoms with E-state index in [0.29, 0.717) is 4.85 Å². The summed E-state index contributed by atoms with van der Waals surface area (Å²) >= 11 is 0. The second-order valence-electron chi connectivity index (χ2n) is 2.46. The van der Waals surface area contributed by atoms with E-state index < -0.39 is 5.67 Å². The van der Waals surface area contributed by atoms with Crippen molar-refractivity contribution in [2.45, 2.75) is 19.5 Å². The Balaban J connectivity index is 2.96. The molecule has 0 amide bonds. The van der Waals surface area contributed by atoms with Crippen LogP contribution in [-0.4, -0.2) is 20.1 Å². The van der Waals surface area contributed by atoms with Crippen molar-refractivity contribution >= 4 is 0 Å². The second-order valence-corrected chi connectivity index (χ2v) is 2.46. The third-order valence-corrected chi connectivity index (χ3v) is 1.01. The van der Waals surface area contributed by atoms with Gasteiger partial charge in [-0.25, -0.2) is 9.37 Å². The molecule has 1 aromatic heterocycles. The number of hydrogen-bond acceptors (Lipinski definition) is 3. The molecule has 0 spiro atoms. The molecule has 1 rings (SSSR count). The van der Waals surface area contributed by atoms with E-state index in [4.69, 9.17) is 5.21 Å². The highest BCUT2D eigenvalue weighted by atomic mass is 19.1. The zero-order valence-electron chi connectivity index (χ0n) is 5.74. The van der Waals surface area contributed by atoms with Crippen LogP contribution in [0.15, 0.2) is 6.33 Å². The Morgan fingerprint density at radius 3 is 2.50 bits per heavy atom. The standard InChI is InChI=1S/C5H8FN3O/c1-5(2,6)4-7-3-9(10)8-4/h3,10H,1-2H3. The zero-order valence-corrected chi connectivity index (χ0v) is 5.74. The first-order valence-corrected chi connectivity index (χ1v) is 2.80. The summed E-state index contributed by atoms with van der Waals surface area (Å²) in [6.07, 6.45) is 1.04. The van der Waals surface area contributed by atoms with Crippen LogP contribution in [0.4, 0.5) is 4.39 Å². The second kappa shape index (κ2) is 1.93.